The van der Waals surface area contributed by atoms with E-state index < -0.39 is 21.2 Å². The van der Waals surface area contributed by atoms with Crippen LogP contribution in [-0.2, 0) is 9.84 Å². The second-order valence-corrected chi connectivity index (χ2v) is 6.28. The quantitative estimate of drug-likeness (QED) is 0.770. The molecule has 0 amide bonds. The first kappa shape index (κ1) is 13.3. The van der Waals surface area contributed by atoms with Gasteiger partial charge in [0, 0.05) is 0 Å². The maximum atomic E-state index is 12.5. The van der Waals surface area contributed by atoms with Crippen molar-refractivity contribution >= 4 is 20.7 Å². The van der Waals surface area contributed by atoms with Crippen molar-refractivity contribution in [2.24, 2.45) is 0 Å². The van der Waals surface area contributed by atoms with Crippen molar-refractivity contribution in [3.8, 4) is 0 Å². The molecule has 3 aromatic rings. The maximum Gasteiger partial charge on any atom is 0.419 e. The van der Waals surface area contributed by atoms with Gasteiger partial charge in [-0.25, -0.2) is 18.0 Å². The number of aromatic amines is 1. The van der Waals surface area contributed by atoms with E-state index in [1.165, 1.54) is 30.3 Å². The third kappa shape index (κ3) is 2.27. The number of fused-ring (bicyclic) bond motifs is 1. The van der Waals surface area contributed by atoms with Crippen molar-refractivity contribution in [3.05, 3.63) is 69.5 Å². The number of aromatic nitrogens is 1. The van der Waals surface area contributed by atoms with E-state index in [9.17, 15) is 18.0 Å². The van der Waals surface area contributed by atoms with Crippen molar-refractivity contribution in [2.75, 3.05) is 0 Å². The highest BCUT2D eigenvalue weighted by atomic mass is 32.2. The van der Waals surface area contributed by atoms with Gasteiger partial charge in [0.25, 0.3) is 0 Å². The molecule has 0 aliphatic heterocycles. The number of rotatable bonds is 2. The second-order valence-electron chi connectivity index (χ2n) is 4.33. The molecule has 1 heterocycles. The van der Waals surface area contributed by atoms with E-state index >= 15 is 0 Å². The second kappa shape index (κ2) is 4.71. The minimum absolute atomic E-state index is 0.00612. The van der Waals surface area contributed by atoms with Gasteiger partial charge in [-0.15, -0.1) is 0 Å². The molecule has 0 saturated carbocycles. The molecular formula is C14H9NO5S. The van der Waals surface area contributed by atoms with Gasteiger partial charge in [-0.05, 0) is 30.3 Å². The lowest BCUT2D eigenvalue weighted by Gasteiger charge is -2.05. The summed E-state index contributed by atoms with van der Waals surface area (Å²) in [5.41, 5.74) is -0.651. The maximum absolute atomic E-state index is 12.5. The van der Waals surface area contributed by atoms with Gasteiger partial charge in [0.2, 0.25) is 9.84 Å². The molecule has 2 aromatic carbocycles. The molecule has 0 aliphatic rings. The zero-order chi connectivity index (χ0) is 15.0. The minimum Gasteiger partial charge on any atom is -0.372 e. The summed E-state index contributed by atoms with van der Waals surface area (Å²) in [5.74, 6) is -0.883. The van der Waals surface area contributed by atoms with Crippen LogP contribution in [0.3, 0.4) is 0 Å². The van der Waals surface area contributed by atoms with E-state index in [-0.39, 0.29) is 20.7 Å². The normalized spacial score (nSPS) is 11.6. The summed E-state index contributed by atoms with van der Waals surface area (Å²) < 4.78 is 29.3. The van der Waals surface area contributed by atoms with Crippen molar-refractivity contribution in [3.63, 3.8) is 0 Å². The molecule has 106 valence electrons. The molecule has 1 aromatic heterocycles. The van der Waals surface area contributed by atoms with Gasteiger partial charge in [-0.2, -0.15) is 0 Å². The molecule has 21 heavy (non-hydrogen) atoms. The molecule has 1 N–H and O–H groups in total. The summed E-state index contributed by atoms with van der Waals surface area (Å²) in [6.45, 7) is 0. The third-order valence-electron chi connectivity index (χ3n) is 3.00. The predicted octanol–water partition coefficient (Wildman–Crippen LogP) is 1.31. The van der Waals surface area contributed by atoms with Gasteiger partial charge in [0.1, 0.15) is 0 Å². The molecule has 7 heteroatoms. The Morgan fingerprint density at radius 2 is 1.62 bits per heavy atom. The van der Waals surface area contributed by atoms with Crippen LogP contribution >= 0.6 is 0 Å². The third-order valence-corrected chi connectivity index (χ3v) is 4.76. The van der Waals surface area contributed by atoms with Crippen LogP contribution in [0, 0.1) is 0 Å². The molecule has 0 radical (unpaired) electrons. The van der Waals surface area contributed by atoms with Crippen LogP contribution in [0.5, 0.6) is 0 Å². The SMILES string of the molecule is O=c1[nH]c2ccc(S(=O)(=O)c3ccccc3)cc2c(=O)o1. The van der Waals surface area contributed by atoms with Crippen molar-refractivity contribution in [1.82, 2.24) is 4.98 Å². The number of sulfone groups is 1. The molecule has 3 rings (SSSR count). The zero-order valence-corrected chi connectivity index (χ0v) is 11.4. The van der Waals surface area contributed by atoms with Gasteiger partial charge < -0.3 is 4.42 Å². The molecule has 0 fully saturated rings. The Bertz CT molecular complexity index is 1030. The summed E-state index contributed by atoms with van der Waals surface area (Å²) in [4.78, 5) is 25.1. The van der Waals surface area contributed by atoms with E-state index in [2.05, 4.69) is 9.40 Å². The lowest BCUT2D eigenvalue weighted by Crippen LogP contribution is -2.15. The van der Waals surface area contributed by atoms with Gasteiger partial charge in [-0.3, -0.25) is 4.98 Å². The molecular weight excluding hydrogens is 294 g/mol. The first-order chi connectivity index (χ1) is 9.98. The standard InChI is InChI=1S/C14H9NO5S/c16-13-11-8-10(6-7-12(11)15-14(17)20-13)21(18,19)9-4-2-1-3-5-9/h1-8H,(H,15,17). The first-order valence-corrected chi connectivity index (χ1v) is 7.44. The van der Waals surface area contributed by atoms with Crippen LogP contribution in [0.4, 0.5) is 0 Å². The van der Waals surface area contributed by atoms with E-state index in [0.29, 0.717) is 0 Å². The van der Waals surface area contributed by atoms with Crippen LogP contribution in [0.1, 0.15) is 0 Å². The fourth-order valence-electron chi connectivity index (χ4n) is 1.98. The van der Waals surface area contributed by atoms with Crippen LogP contribution < -0.4 is 11.4 Å². The zero-order valence-electron chi connectivity index (χ0n) is 10.6. The average molecular weight is 303 g/mol. The lowest BCUT2D eigenvalue weighted by atomic mass is 10.2. The summed E-state index contributed by atoms with van der Waals surface area (Å²) in [5, 5.41) is 0.00612. The molecule has 6 nitrogen and oxygen atoms in total. The van der Waals surface area contributed by atoms with Crippen molar-refractivity contribution < 1.29 is 12.8 Å². The Morgan fingerprint density at radius 3 is 2.33 bits per heavy atom. The van der Waals surface area contributed by atoms with Crippen LogP contribution in [0.25, 0.3) is 10.9 Å². The van der Waals surface area contributed by atoms with Gasteiger partial charge >= 0.3 is 11.4 Å². The molecule has 0 bridgehead atoms. The summed E-state index contributed by atoms with van der Waals surface area (Å²) in [6, 6.07) is 11.8. The summed E-state index contributed by atoms with van der Waals surface area (Å²) >= 11 is 0. The Balaban J connectivity index is 2.27. The molecule has 0 aliphatic carbocycles. The Morgan fingerprint density at radius 1 is 0.905 bits per heavy atom. The number of benzene rings is 2. The highest BCUT2D eigenvalue weighted by molar-refractivity contribution is 7.91. The van der Waals surface area contributed by atoms with Crippen LogP contribution in [0.15, 0.2) is 72.3 Å². The number of nitrogens with one attached hydrogen (secondary N) is 1. The van der Waals surface area contributed by atoms with Crippen molar-refractivity contribution in [1.29, 1.82) is 0 Å². The molecule has 0 unspecified atom stereocenters. The Kier molecular flexibility index (Phi) is 2.99. The average Bonchev–Trinajstić information content (AvgIpc) is 2.47. The summed E-state index contributed by atoms with van der Waals surface area (Å²) in [6.07, 6.45) is 0. The number of hydrogen-bond acceptors (Lipinski definition) is 5. The van der Waals surface area contributed by atoms with Gasteiger partial charge in [-0.1, -0.05) is 18.2 Å². The van der Waals surface area contributed by atoms with Crippen LogP contribution in [-0.4, -0.2) is 13.4 Å². The number of H-pyrrole nitrogens is 1. The fraction of sp³-hybridized carbons (Fsp3) is 0. The van der Waals surface area contributed by atoms with E-state index in [0.717, 1.165) is 0 Å². The monoisotopic (exact) mass is 303 g/mol. The van der Waals surface area contributed by atoms with E-state index in [1.54, 1.807) is 18.2 Å². The fourth-order valence-corrected chi connectivity index (χ4v) is 3.29. The molecule has 0 atom stereocenters. The Hall–Kier alpha value is -2.67. The van der Waals surface area contributed by atoms with E-state index in [1.807, 2.05) is 0 Å². The topological polar surface area (TPSA) is 97.2 Å². The molecule has 0 saturated heterocycles. The van der Waals surface area contributed by atoms with Crippen molar-refractivity contribution in [2.45, 2.75) is 9.79 Å². The first-order valence-electron chi connectivity index (χ1n) is 5.96. The highest BCUT2D eigenvalue weighted by Crippen LogP contribution is 2.22. The largest absolute Gasteiger partial charge is 0.419 e. The smallest absolute Gasteiger partial charge is 0.372 e. The van der Waals surface area contributed by atoms with Gasteiger partial charge in [0.15, 0.2) is 0 Å². The molecule has 0 spiro atoms. The van der Waals surface area contributed by atoms with Gasteiger partial charge in [0.05, 0.1) is 20.7 Å². The highest BCUT2D eigenvalue weighted by Gasteiger charge is 2.18. The lowest BCUT2D eigenvalue weighted by molar-refractivity contribution is 0.460. The van der Waals surface area contributed by atoms with E-state index in [4.69, 9.17) is 0 Å². The predicted molar refractivity (Wildman–Crippen MR) is 75.0 cm³/mol. The minimum atomic E-state index is -3.73. The summed E-state index contributed by atoms with van der Waals surface area (Å²) in [7, 11) is -3.73. The van der Waals surface area contributed by atoms with Crippen LogP contribution in [0.2, 0.25) is 0 Å². The Labute approximate surface area is 118 Å². The number of hydrogen-bond donors (Lipinski definition) is 1.